The lowest BCUT2D eigenvalue weighted by Gasteiger charge is -2.11. The SMILES string of the molecule is COC(=O)C1(COC(C)=O)CC1. The summed E-state index contributed by atoms with van der Waals surface area (Å²) in [7, 11) is 1.34. The van der Waals surface area contributed by atoms with Crippen LogP contribution in [0.2, 0.25) is 0 Å². The predicted octanol–water partition coefficient (Wildman–Crippen LogP) is 0.503. The third kappa shape index (κ3) is 1.75. The summed E-state index contributed by atoms with van der Waals surface area (Å²) in [5, 5.41) is 0. The Bertz CT molecular complexity index is 205. The van der Waals surface area contributed by atoms with Crippen LogP contribution < -0.4 is 0 Å². The fraction of sp³-hybridized carbons (Fsp3) is 0.750. The van der Waals surface area contributed by atoms with E-state index in [0.29, 0.717) is 0 Å². The predicted molar refractivity (Wildman–Crippen MR) is 40.3 cm³/mol. The van der Waals surface area contributed by atoms with Crippen LogP contribution in [-0.4, -0.2) is 25.7 Å². The number of methoxy groups -OCH3 is 1. The average molecular weight is 172 g/mol. The van der Waals surface area contributed by atoms with E-state index in [-0.39, 0.29) is 18.5 Å². The number of hydrogen-bond acceptors (Lipinski definition) is 4. The number of rotatable bonds is 3. The molecular weight excluding hydrogens is 160 g/mol. The lowest BCUT2D eigenvalue weighted by atomic mass is 10.1. The molecule has 1 fully saturated rings. The molecule has 0 aromatic heterocycles. The van der Waals surface area contributed by atoms with E-state index in [2.05, 4.69) is 4.74 Å². The van der Waals surface area contributed by atoms with Gasteiger partial charge in [-0.1, -0.05) is 0 Å². The zero-order valence-electron chi connectivity index (χ0n) is 7.25. The van der Waals surface area contributed by atoms with Gasteiger partial charge in [-0.25, -0.2) is 0 Å². The molecule has 0 spiro atoms. The van der Waals surface area contributed by atoms with Crippen LogP contribution in [0.15, 0.2) is 0 Å². The van der Waals surface area contributed by atoms with Crippen molar-refractivity contribution in [1.29, 1.82) is 0 Å². The van der Waals surface area contributed by atoms with Gasteiger partial charge in [0.15, 0.2) is 0 Å². The van der Waals surface area contributed by atoms with Gasteiger partial charge in [0.2, 0.25) is 0 Å². The molecule has 0 N–H and O–H groups in total. The molecule has 0 radical (unpaired) electrons. The van der Waals surface area contributed by atoms with E-state index in [4.69, 9.17) is 4.74 Å². The Kier molecular flexibility index (Phi) is 2.35. The maximum Gasteiger partial charge on any atom is 0.315 e. The maximum atomic E-state index is 11.1. The van der Waals surface area contributed by atoms with Gasteiger partial charge in [-0.15, -0.1) is 0 Å². The quantitative estimate of drug-likeness (QED) is 0.582. The molecule has 0 unspecified atom stereocenters. The van der Waals surface area contributed by atoms with Gasteiger partial charge in [0, 0.05) is 6.92 Å². The first-order valence-electron chi connectivity index (χ1n) is 3.82. The summed E-state index contributed by atoms with van der Waals surface area (Å²) in [5.74, 6) is -0.631. The Morgan fingerprint density at radius 2 is 2.00 bits per heavy atom. The molecule has 68 valence electrons. The second-order valence-corrected chi connectivity index (χ2v) is 3.05. The fourth-order valence-corrected chi connectivity index (χ4v) is 1.01. The molecule has 1 rings (SSSR count). The van der Waals surface area contributed by atoms with Crippen molar-refractivity contribution < 1.29 is 19.1 Å². The zero-order valence-corrected chi connectivity index (χ0v) is 7.25. The van der Waals surface area contributed by atoms with Crippen molar-refractivity contribution in [1.82, 2.24) is 0 Å². The van der Waals surface area contributed by atoms with E-state index in [0.717, 1.165) is 12.8 Å². The highest BCUT2D eigenvalue weighted by Gasteiger charge is 2.52. The highest BCUT2D eigenvalue weighted by atomic mass is 16.5. The van der Waals surface area contributed by atoms with Crippen molar-refractivity contribution in [2.45, 2.75) is 19.8 Å². The molecule has 0 aromatic carbocycles. The topological polar surface area (TPSA) is 52.6 Å². The molecule has 0 atom stereocenters. The molecule has 1 aliphatic rings. The molecule has 1 saturated carbocycles. The second kappa shape index (κ2) is 3.13. The standard InChI is InChI=1S/C8H12O4/c1-6(9)12-5-8(3-4-8)7(10)11-2/h3-5H2,1-2H3. The van der Waals surface area contributed by atoms with Crippen molar-refractivity contribution in [3.63, 3.8) is 0 Å². The summed E-state index contributed by atoms with van der Waals surface area (Å²) in [6, 6.07) is 0. The Balaban J connectivity index is 2.39. The van der Waals surface area contributed by atoms with Crippen LogP contribution in [0.1, 0.15) is 19.8 Å². The first-order chi connectivity index (χ1) is 5.60. The van der Waals surface area contributed by atoms with E-state index >= 15 is 0 Å². The van der Waals surface area contributed by atoms with Gasteiger partial charge in [-0.2, -0.15) is 0 Å². The van der Waals surface area contributed by atoms with Gasteiger partial charge in [0.05, 0.1) is 7.11 Å². The molecule has 4 heteroatoms. The average Bonchev–Trinajstić information content (AvgIpc) is 2.80. The van der Waals surface area contributed by atoms with Crippen LogP contribution in [0.4, 0.5) is 0 Å². The van der Waals surface area contributed by atoms with Gasteiger partial charge in [-0.3, -0.25) is 9.59 Å². The smallest absolute Gasteiger partial charge is 0.315 e. The van der Waals surface area contributed by atoms with Crippen molar-refractivity contribution in [3.05, 3.63) is 0 Å². The number of carbonyl (C=O) groups is 2. The number of ether oxygens (including phenoxy) is 2. The molecule has 0 amide bonds. The second-order valence-electron chi connectivity index (χ2n) is 3.05. The van der Waals surface area contributed by atoms with E-state index in [1.54, 1.807) is 0 Å². The van der Waals surface area contributed by atoms with Crippen LogP contribution in [0.25, 0.3) is 0 Å². The Hall–Kier alpha value is -1.06. The van der Waals surface area contributed by atoms with Gasteiger partial charge in [0.25, 0.3) is 0 Å². The van der Waals surface area contributed by atoms with Gasteiger partial charge < -0.3 is 9.47 Å². The Labute approximate surface area is 70.8 Å². The van der Waals surface area contributed by atoms with Crippen LogP contribution >= 0.6 is 0 Å². The fourth-order valence-electron chi connectivity index (χ4n) is 1.01. The highest BCUT2D eigenvalue weighted by molar-refractivity contribution is 5.80. The van der Waals surface area contributed by atoms with Crippen LogP contribution in [0.5, 0.6) is 0 Å². The zero-order chi connectivity index (χ0) is 9.19. The Morgan fingerprint density at radius 3 is 2.33 bits per heavy atom. The third-order valence-corrected chi connectivity index (χ3v) is 2.02. The molecular formula is C8H12O4. The summed E-state index contributed by atoms with van der Waals surface area (Å²) in [6.45, 7) is 1.49. The number of carbonyl (C=O) groups excluding carboxylic acids is 2. The van der Waals surface area contributed by atoms with Gasteiger partial charge >= 0.3 is 11.9 Å². The first-order valence-corrected chi connectivity index (χ1v) is 3.82. The van der Waals surface area contributed by atoms with Gasteiger partial charge in [0.1, 0.15) is 12.0 Å². The highest BCUT2D eigenvalue weighted by Crippen LogP contribution is 2.46. The lowest BCUT2D eigenvalue weighted by Crippen LogP contribution is -2.24. The molecule has 4 nitrogen and oxygen atoms in total. The van der Waals surface area contributed by atoms with Crippen molar-refractivity contribution >= 4 is 11.9 Å². The Morgan fingerprint density at radius 1 is 1.42 bits per heavy atom. The van der Waals surface area contributed by atoms with Crippen molar-refractivity contribution in [2.75, 3.05) is 13.7 Å². The summed E-state index contributed by atoms with van der Waals surface area (Å²) in [5.41, 5.74) is -0.513. The minimum Gasteiger partial charge on any atom is -0.468 e. The lowest BCUT2D eigenvalue weighted by molar-refractivity contribution is -0.153. The minimum atomic E-state index is -0.513. The molecule has 0 bridgehead atoms. The maximum absolute atomic E-state index is 11.1. The van der Waals surface area contributed by atoms with Crippen molar-refractivity contribution in [2.24, 2.45) is 5.41 Å². The van der Waals surface area contributed by atoms with Crippen molar-refractivity contribution in [3.8, 4) is 0 Å². The third-order valence-electron chi connectivity index (χ3n) is 2.02. The summed E-state index contributed by atoms with van der Waals surface area (Å²) in [4.78, 5) is 21.5. The first kappa shape index (κ1) is 9.03. The molecule has 1 aliphatic carbocycles. The normalized spacial score (nSPS) is 18.2. The molecule has 0 saturated heterocycles. The van der Waals surface area contributed by atoms with E-state index in [1.807, 2.05) is 0 Å². The summed E-state index contributed by atoms with van der Waals surface area (Å²) in [6.07, 6.45) is 1.51. The van der Waals surface area contributed by atoms with Gasteiger partial charge in [-0.05, 0) is 12.8 Å². The summed E-state index contributed by atoms with van der Waals surface area (Å²) >= 11 is 0. The van der Waals surface area contributed by atoms with E-state index in [1.165, 1.54) is 14.0 Å². The minimum absolute atomic E-state index is 0.162. The molecule has 12 heavy (non-hydrogen) atoms. The largest absolute Gasteiger partial charge is 0.468 e. The molecule has 0 aromatic rings. The monoisotopic (exact) mass is 172 g/mol. The number of esters is 2. The number of hydrogen-bond donors (Lipinski definition) is 0. The van der Waals surface area contributed by atoms with Crippen LogP contribution in [-0.2, 0) is 19.1 Å². The molecule has 0 heterocycles. The van der Waals surface area contributed by atoms with Crippen LogP contribution in [0.3, 0.4) is 0 Å². The van der Waals surface area contributed by atoms with E-state index < -0.39 is 5.41 Å². The molecule has 0 aliphatic heterocycles. The summed E-state index contributed by atoms with van der Waals surface area (Å²) < 4.78 is 9.33. The van der Waals surface area contributed by atoms with E-state index in [9.17, 15) is 9.59 Å². The van der Waals surface area contributed by atoms with Crippen LogP contribution in [0, 0.1) is 5.41 Å².